The first-order chi connectivity index (χ1) is 15.0. The highest BCUT2D eigenvalue weighted by molar-refractivity contribution is 9.40. The third kappa shape index (κ3) is 25.2. The van der Waals surface area contributed by atoms with Gasteiger partial charge in [-0.15, -0.1) is 0 Å². The smallest absolute Gasteiger partial charge is 0.345 e. The number of hydrogen-bond acceptors (Lipinski definition) is 6. The van der Waals surface area contributed by atoms with Crippen molar-refractivity contribution in [2.45, 2.75) is 73.3 Å². The van der Waals surface area contributed by atoms with Crippen molar-refractivity contribution >= 4 is 53.8 Å². The van der Waals surface area contributed by atoms with Crippen molar-refractivity contribution in [2.75, 3.05) is 59.5 Å². The molecular formula is C22H41Br3O6. The third-order valence-electron chi connectivity index (χ3n) is 4.45. The average Bonchev–Trinajstić information content (AvgIpc) is 2.73. The van der Waals surface area contributed by atoms with Crippen molar-refractivity contribution in [2.24, 2.45) is 0 Å². The average molecular weight is 641 g/mol. The molecule has 0 aliphatic carbocycles. The van der Waals surface area contributed by atoms with Crippen LogP contribution in [0, 0.1) is 0 Å². The molecule has 0 atom stereocenters. The predicted molar refractivity (Wildman–Crippen MR) is 136 cm³/mol. The van der Waals surface area contributed by atoms with E-state index in [2.05, 4.69) is 54.7 Å². The lowest BCUT2D eigenvalue weighted by molar-refractivity contribution is -0.143. The Balaban J connectivity index is 3.09. The fourth-order valence-corrected chi connectivity index (χ4v) is 3.07. The van der Waals surface area contributed by atoms with Crippen molar-refractivity contribution in [3.8, 4) is 0 Å². The van der Waals surface area contributed by atoms with Crippen LogP contribution in [0.2, 0.25) is 0 Å². The predicted octanol–water partition coefficient (Wildman–Crippen LogP) is 6.36. The summed E-state index contributed by atoms with van der Waals surface area (Å²) in [6.45, 7) is 6.82. The molecule has 0 saturated carbocycles. The fraction of sp³-hybridized carbons (Fsp3) is 0.955. The second kappa shape index (κ2) is 23.9. The molecule has 0 unspecified atom stereocenters. The molecule has 6 nitrogen and oxygen atoms in total. The van der Waals surface area contributed by atoms with Gasteiger partial charge < -0.3 is 23.7 Å². The van der Waals surface area contributed by atoms with Crippen LogP contribution in [0.5, 0.6) is 0 Å². The summed E-state index contributed by atoms with van der Waals surface area (Å²) in [6.07, 6.45) is 13.4. The Hall–Kier alpha value is 0.750. The SMILES string of the molecule is CCCCCCCCCCCCOCCOCCOCCOCCOC(=O)C(Br)(Br)Br. The molecule has 0 radical (unpaired) electrons. The van der Waals surface area contributed by atoms with Crippen LogP contribution >= 0.6 is 47.8 Å². The molecule has 0 saturated heterocycles. The van der Waals surface area contributed by atoms with Gasteiger partial charge in [0.05, 0.1) is 46.2 Å². The number of carbonyl (C=O) groups is 1. The van der Waals surface area contributed by atoms with Gasteiger partial charge in [0, 0.05) is 6.61 Å². The van der Waals surface area contributed by atoms with Crippen molar-refractivity contribution in [1.82, 2.24) is 0 Å². The third-order valence-corrected chi connectivity index (χ3v) is 5.42. The van der Waals surface area contributed by atoms with E-state index in [1.54, 1.807) is 0 Å². The summed E-state index contributed by atoms with van der Waals surface area (Å²) in [5.41, 5.74) is 0. The minimum absolute atomic E-state index is 0.186. The zero-order valence-corrected chi connectivity index (χ0v) is 23.8. The largest absolute Gasteiger partial charge is 0.461 e. The number of ether oxygens (including phenoxy) is 5. The van der Waals surface area contributed by atoms with Crippen LogP contribution < -0.4 is 0 Å². The Labute approximate surface area is 214 Å². The molecule has 0 aromatic heterocycles. The zero-order chi connectivity index (χ0) is 23.0. The molecule has 0 fully saturated rings. The Kier molecular flexibility index (Phi) is 24.5. The zero-order valence-electron chi connectivity index (χ0n) is 19.0. The summed E-state index contributed by atoms with van der Waals surface area (Å²) in [5, 5.41) is 0. The highest BCUT2D eigenvalue weighted by atomic mass is 80.0. The first kappa shape index (κ1) is 31.8. The first-order valence-corrected chi connectivity index (χ1v) is 13.9. The van der Waals surface area contributed by atoms with Crippen molar-refractivity contribution in [3.63, 3.8) is 0 Å². The van der Waals surface area contributed by atoms with Crippen LogP contribution in [0.25, 0.3) is 0 Å². The van der Waals surface area contributed by atoms with Crippen LogP contribution in [0.1, 0.15) is 71.1 Å². The summed E-state index contributed by atoms with van der Waals surface area (Å²) in [6, 6.07) is 0. The number of unbranched alkanes of at least 4 members (excludes halogenated alkanes) is 9. The Morgan fingerprint density at radius 3 is 1.32 bits per heavy atom. The molecule has 0 aliphatic rings. The topological polar surface area (TPSA) is 63.2 Å². The van der Waals surface area contributed by atoms with E-state index in [1.165, 1.54) is 57.8 Å². The molecule has 186 valence electrons. The quantitative estimate of drug-likeness (QED) is 0.0736. The van der Waals surface area contributed by atoms with E-state index in [-0.39, 0.29) is 6.61 Å². The van der Waals surface area contributed by atoms with E-state index in [4.69, 9.17) is 23.7 Å². The lowest BCUT2D eigenvalue weighted by Gasteiger charge is -2.11. The van der Waals surface area contributed by atoms with Gasteiger partial charge in [-0.1, -0.05) is 64.7 Å². The maximum Gasteiger partial charge on any atom is 0.345 e. The maximum atomic E-state index is 11.4. The fourth-order valence-electron chi connectivity index (χ4n) is 2.73. The van der Waals surface area contributed by atoms with Gasteiger partial charge in [-0.25, -0.2) is 4.79 Å². The van der Waals surface area contributed by atoms with Crippen molar-refractivity contribution < 1.29 is 28.5 Å². The monoisotopic (exact) mass is 638 g/mol. The van der Waals surface area contributed by atoms with Gasteiger partial charge in [-0.05, 0) is 54.2 Å². The van der Waals surface area contributed by atoms with E-state index in [0.717, 1.165) is 13.0 Å². The molecule has 0 aromatic carbocycles. The molecule has 0 amide bonds. The Bertz CT molecular complexity index is 394. The van der Waals surface area contributed by atoms with Gasteiger partial charge in [-0.2, -0.15) is 0 Å². The molecule has 0 aliphatic heterocycles. The van der Waals surface area contributed by atoms with Gasteiger partial charge >= 0.3 is 5.97 Å². The number of rotatable bonds is 23. The van der Waals surface area contributed by atoms with Crippen LogP contribution in [0.3, 0.4) is 0 Å². The van der Waals surface area contributed by atoms with Gasteiger partial charge in [0.25, 0.3) is 0 Å². The Morgan fingerprint density at radius 2 is 0.903 bits per heavy atom. The summed E-state index contributed by atoms with van der Waals surface area (Å²) in [4.78, 5) is 11.4. The van der Waals surface area contributed by atoms with Crippen LogP contribution in [0.4, 0.5) is 0 Å². The van der Waals surface area contributed by atoms with Gasteiger partial charge in [0.2, 0.25) is 2.14 Å². The first-order valence-electron chi connectivity index (χ1n) is 11.5. The maximum absolute atomic E-state index is 11.4. The van der Waals surface area contributed by atoms with Crippen LogP contribution in [0.15, 0.2) is 0 Å². The number of carbonyl (C=O) groups excluding carboxylic acids is 1. The highest BCUT2D eigenvalue weighted by Crippen LogP contribution is 2.34. The molecule has 0 N–H and O–H groups in total. The Morgan fingerprint density at radius 1 is 0.548 bits per heavy atom. The molecule has 0 bridgehead atoms. The van der Waals surface area contributed by atoms with E-state index < -0.39 is 8.11 Å². The lowest BCUT2D eigenvalue weighted by atomic mass is 10.1. The molecule has 0 heterocycles. The van der Waals surface area contributed by atoms with Gasteiger partial charge in [-0.3, -0.25) is 0 Å². The molecule has 0 rings (SSSR count). The molecule has 31 heavy (non-hydrogen) atoms. The van der Waals surface area contributed by atoms with Crippen molar-refractivity contribution in [1.29, 1.82) is 0 Å². The molecule has 9 heteroatoms. The number of hydrogen-bond donors (Lipinski definition) is 0. The van der Waals surface area contributed by atoms with E-state index in [0.29, 0.717) is 46.2 Å². The van der Waals surface area contributed by atoms with Crippen LogP contribution in [-0.4, -0.2) is 67.6 Å². The minimum atomic E-state index is -1.03. The highest BCUT2D eigenvalue weighted by Gasteiger charge is 2.30. The number of alkyl halides is 3. The summed E-state index contributed by atoms with van der Waals surface area (Å²) in [5.74, 6) is -0.461. The van der Waals surface area contributed by atoms with Gasteiger partial charge in [0.1, 0.15) is 6.61 Å². The van der Waals surface area contributed by atoms with Crippen LogP contribution in [-0.2, 0) is 28.5 Å². The summed E-state index contributed by atoms with van der Waals surface area (Å²) < 4.78 is 25.7. The molecule has 0 spiro atoms. The van der Waals surface area contributed by atoms with E-state index in [1.807, 2.05) is 0 Å². The molecule has 0 aromatic rings. The van der Waals surface area contributed by atoms with Crippen molar-refractivity contribution in [3.05, 3.63) is 0 Å². The van der Waals surface area contributed by atoms with Gasteiger partial charge in [0.15, 0.2) is 0 Å². The second-order valence-corrected chi connectivity index (χ2v) is 14.0. The standard InChI is InChI=1S/C22H41Br3O6/c1-2-3-4-5-6-7-8-9-10-11-12-27-13-14-28-15-16-29-17-18-30-19-20-31-21(26)22(23,24)25/h2-20H2,1H3. The minimum Gasteiger partial charge on any atom is -0.461 e. The van der Waals surface area contributed by atoms with E-state index in [9.17, 15) is 4.79 Å². The molecular weight excluding hydrogens is 600 g/mol. The number of halogens is 3. The summed E-state index contributed by atoms with van der Waals surface area (Å²) in [7, 11) is 0. The lowest BCUT2D eigenvalue weighted by Crippen LogP contribution is -2.22. The number of esters is 1. The van der Waals surface area contributed by atoms with E-state index >= 15 is 0 Å². The second-order valence-electron chi connectivity index (χ2n) is 7.27. The normalized spacial score (nSPS) is 11.7. The summed E-state index contributed by atoms with van der Waals surface area (Å²) >= 11 is 9.25.